The maximum absolute atomic E-state index is 9.74. The zero-order chi connectivity index (χ0) is 11.0. The number of aromatic hydroxyl groups is 1. The predicted octanol–water partition coefficient (Wildman–Crippen LogP) is 3.17. The van der Waals surface area contributed by atoms with Crippen molar-refractivity contribution in [3.8, 4) is 5.75 Å². The molecule has 1 aromatic carbocycles. The van der Waals surface area contributed by atoms with Crippen LogP contribution in [0.1, 0.15) is 30.9 Å². The Kier molecular flexibility index (Phi) is 2.96. The molecular weight excluding hydrogens is 204 g/mol. The molecule has 2 atom stereocenters. The number of rotatable bonds is 1. The van der Waals surface area contributed by atoms with Gasteiger partial charge in [0.15, 0.2) is 4.90 Å². The van der Waals surface area contributed by atoms with Crippen LogP contribution in [-0.4, -0.2) is 16.1 Å². The van der Waals surface area contributed by atoms with Gasteiger partial charge < -0.3 is 5.11 Å². The van der Waals surface area contributed by atoms with Gasteiger partial charge in [-0.15, -0.1) is 0 Å². The summed E-state index contributed by atoms with van der Waals surface area (Å²) in [7, 11) is 0.425. The smallest absolute Gasteiger partial charge is 0.155 e. The average molecular weight is 223 g/mol. The van der Waals surface area contributed by atoms with E-state index in [9.17, 15) is 5.11 Å². The van der Waals surface area contributed by atoms with Crippen LogP contribution in [0.4, 0.5) is 0 Å². The van der Waals surface area contributed by atoms with Crippen molar-refractivity contribution in [3.05, 3.63) is 23.3 Å². The monoisotopic (exact) mass is 223 g/mol. The van der Waals surface area contributed by atoms with Gasteiger partial charge in [0, 0.05) is 10.9 Å². The Balaban J connectivity index is 2.36. The Morgan fingerprint density at radius 2 is 1.87 bits per heavy atom. The van der Waals surface area contributed by atoms with Crippen molar-refractivity contribution < 1.29 is 5.11 Å². The minimum atomic E-state index is 0.425. The van der Waals surface area contributed by atoms with Crippen molar-refractivity contribution in [1.82, 2.24) is 0 Å². The highest BCUT2D eigenvalue weighted by Gasteiger charge is 2.35. The first-order chi connectivity index (χ1) is 7.09. The molecule has 0 radical (unpaired) electrons. The van der Waals surface area contributed by atoms with Crippen LogP contribution in [0.25, 0.3) is 0 Å². The van der Waals surface area contributed by atoms with E-state index in [-0.39, 0.29) is 0 Å². The van der Waals surface area contributed by atoms with Gasteiger partial charge in [-0.1, -0.05) is 0 Å². The number of aryl methyl sites for hydroxylation is 2. The molecule has 1 fully saturated rings. The van der Waals surface area contributed by atoms with Gasteiger partial charge in [-0.05, 0) is 56.9 Å². The lowest BCUT2D eigenvalue weighted by molar-refractivity contribution is 0.466. The topological polar surface area (TPSA) is 20.2 Å². The van der Waals surface area contributed by atoms with E-state index in [2.05, 4.69) is 19.1 Å². The van der Waals surface area contributed by atoms with Crippen molar-refractivity contribution >= 4 is 10.9 Å². The minimum absolute atomic E-state index is 0.425. The average Bonchev–Trinajstić information content (AvgIpc) is 2.60. The standard InChI is InChI=1S/C13H18OS/c1-9-7-12(8-10(2)13(9)14)15-6-4-5-11(15)3/h7-8,11H,4-6H2,1-3H3/p+1. The third kappa shape index (κ3) is 2.00. The minimum Gasteiger partial charge on any atom is -0.507 e. The molecule has 1 aliphatic heterocycles. The van der Waals surface area contributed by atoms with E-state index in [1.54, 1.807) is 0 Å². The van der Waals surface area contributed by atoms with E-state index >= 15 is 0 Å². The number of hydrogen-bond acceptors (Lipinski definition) is 1. The molecule has 0 saturated carbocycles. The van der Waals surface area contributed by atoms with Gasteiger partial charge in [0.2, 0.25) is 0 Å². The lowest BCUT2D eigenvalue weighted by Crippen LogP contribution is -2.13. The molecular formula is C13H19OS+. The van der Waals surface area contributed by atoms with Gasteiger partial charge in [0.1, 0.15) is 16.8 Å². The normalized spacial score (nSPS) is 25.8. The summed E-state index contributed by atoms with van der Waals surface area (Å²) in [6.07, 6.45) is 2.73. The molecule has 1 nitrogen and oxygen atoms in total. The Hall–Kier alpha value is -0.630. The second kappa shape index (κ2) is 4.09. The van der Waals surface area contributed by atoms with Crippen molar-refractivity contribution in [2.45, 2.75) is 43.8 Å². The third-order valence-electron chi connectivity index (χ3n) is 3.23. The maximum atomic E-state index is 9.74. The molecule has 1 aliphatic rings. The van der Waals surface area contributed by atoms with Gasteiger partial charge in [0.25, 0.3) is 0 Å². The summed E-state index contributed by atoms with van der Waals surface area (Å²) in [5.74, 6) is 1.80. The van der Waals surface area contributed by atoms with Gasteiger partial charge in [-0.3, -0.25) is 0 Å². The van der Waals surface area contributed by atoms with E-state index in [4.69, 9.17) is 0 Å². The quantitative estimate of drug-likeness (QED) is 0.725. The van der Waals surface area contributed by atoms with E-state index < -0.39 is 0 Å². The molecule has 0 amide bonds. The highest BCUT2D eigenvalue weighted by Crippen LogP contribution is 2.33. The van der Waals surface area contributed by atoms with Crippen LogP contribution >= 0.6 is 0 Å². The first kappa shape index (κ1) is 10.9. The van der Waals surface area contributed by atoms with Crippen LogP contribution in [0.3, 0.4) is 0 Å². The molecule has 1 aromatic rings. The summed E-state index contributed by atoms with van der Waals surface area (Å²) in [6.45, 7) is 6.35. The third-order valence-corrected chi connectivity index (χ3v) is 6.00. The molecule has 1 saturated heterocycles. The highest BCUT2D eigenvalue weighted by molar-refractivity contribution is 7.97. The molecule has 1 N–H and O–H groups in total. The number of phenolic OH excluding ortho intramolecular Hbond substituents is 1. The number of hydrogen-bond donors (Lipinski definition) is 1. The van der Waals surface area contributed by atoms with Gasteiger partial charge in [-0.2, -0.15) is 0 Å². The summed E-state index contributed by atoms with van der Waals surface area (Å²) in [5.41, 5.74) is 2.05. The molecule has 82 valence electrons. The van der Waals surface area contributed by atoms with E-state index in [1.165, 1.54) is 23.5 Å². The first-order valence-electron chi connectivity index (χ1n) is 5.59. The van der Waals surface area contributed by atoms with Crippen LogP contribution in [-0.2, 0) is 10.9 Å². The fraction of sp³-hybridized carbons (Fsp3) is 0.538. The van der Waals surface area contributed by atoms with Crippen LogP contribution in [0.15, 0.2) is 17.0 Å². The SMILES string of the molecule is Cc1cc([S+]2CCCC2C)cc(C)c1O. The lowest BCUT2D eigenvalue weighted by atomic mass is 10.1. The Morgan fingerprint density at radius 1 is 1.27 bits per heavy atom. The summed E-state index contributed by atoms with van der Waals surface area (Å²) < 4.78 is 0. The predicted molar refractivity (Wildman–Crippen MR) is 66.8 cm³/mol. The number of phenols is 1. The largest absolute Gasteiger partial charge is 0.507 e. The van der Waals surface area contributed by atoms with E-state index in [1.807, 2.05) is 13.8 Å². The molecule has 1 heterocycles. The van der Waals surface area contributed by atoms with Crippen LogP contribution in [0.5, 0.6) is 5.75 Å². The summed E-state index contributed by atoms with van der Waals surface area (Å²) in [6, 6.07) is 4.35. The van der Waals surface area contributed by atoms with Gasteiger partial charge in [-0.25, -0.2) is 0 Å². The van der Waals surface area contributed by atoms with Crippen molar-refractivity contribution in [3.63, 3.8) is 0 Å². The molecule has 0 aliphatic carbocycles. The highest BCUT2D eigenvalue weighted by atomic mass is 32.2. The molecule has 0 aromatic heterocycles. The number of benzene rings is 1. The van der Waals surface area contributed by atoms with Crippen molar-refractivity contribution in [2.24, 2.45) is 0 Å². The molecule has 2 rings (SSSR count). The van der Waals surface area contributed by atoms with E-state index in [0.29, 0.717) is 16.6 Å². The molecule has 0 bridgehead atoms. The fourth-order valence-corrected chi connectivity index (χ4v) is 4.98. The van der Waals surface area contributed by atoms with E-state index in [0.717, 1.165) is 16.4 Å². The Morgan fingerprint density at radius 3 is 2.33 bits per heavy atom. The molecule has 15 heavy (non-hydrogen) atoms. The van der Waals surface area contributed by atoms with Crippen LogP contribution in [0.2, 0.25) is 0 Å². The molecule has 0 spiro atoms. The summed E-state index contributed by atoms with van der Waals surface area (Å²) >= 11 is 0. The van der Waals surface area contributed by atoms with Gasteiger partial charge in [0.05, 0.1) is 0 Å². The lowest BCUT2D eigenvalue weighted by Gasteiger charge is -2.09. The van der Waals surface area contributed by atoms with Crippen molar-refractivity contribution in [1.29, 1.82) is 0 Å². The van der Waals surface area contributed by atoms with Crippen molar-refractivity contribution in [2.75, 3.05) is 5.75 Å². The fourth-order valence-electron chi connectivity index (χ4n) is 2.29. The van der Waals surface area contributed by atoms with Crippen LogP contribution < -0.4 is 0 Å². The second-order valence-electron chi connectivity index (χ2n) is 4.49. The second-order valence-corrected chi connectivity index (χ2v) is 7.03. The first-order valence-corrected chi connectivity index (χ1v) is 7.05. The Bertz CT molecular complexity index is 350. The maximum Gasteiger partial charge on any atom is 0.155 e. The molecule has 2 unspecified atom stereocenters. The molecule has 2 heteroatoms. The zero-order valence-electron chi connectivity index (χ0n) is 9.71. The summed E-state index contributed by atoms with van der Waals surface area (Å²) in [4.78, 5) is 1.45. The van der Waals surface area contributed by atoms with Gasteiger partial charge >= 0.3 is 0 Å². The summed E-state index contributed by atoms with van der Waals surface area (Å²) in [5, 5.41) is 10.6. The zero-order valence-corrected chi connectivity index (χ0v) is 10.5. The Labute approximate surface area is 94.9 Å². The van der Waals surface area contributed by atoms with Crippen LogP contribution in [0, 0.1) is 13.8 Å².